The van der Waals surface area contributed by atoms with Gasteiger partial charge in [0.05, 0.1) is 6.04 Å². The fourth-order valence-corrected chi connectivity index (χ4v) is 3.86. The average Bonchev–Trinajstić information content (AvgIpc) is 3.07. The zero-order chi connectivity index (χ0) is 13.8. The van der Waals surface area contributed by atoms with E-state index in [2.05, 4.69) is 50.1 Å². The fourth-order valence-electron chi connectivity index (χ4n) is 2.03. The van der Waals surface area contributed by atoms with Gasteiger partial charge in [0.15, 0.2) is 0 Å². The van der Waals surface area contributed by atoms with Gasteiger partial charge in [0.25, 0.3) is 0 Å². The van der Waals surface area contributed by atoms with Crippen LogP contribution in [0.2, 0.25) is 0 Å². The monoisotopic (exact) mass is 294 g/mol. The maximum Gasteiger partial charge on any atom is 0.109 e. The van der Waals surface area contributed by atoms with Crippen LogP contribution in [-0.2, 0) is 12.8 Å². The molecule has 0 saturated carbocycles. The molecule has 0 aliphatic carbocycles. The summed E-state index contributed by atoms with van der Waals surface area (Å²) in [6.07, 6.45) is 4.20. The van der Waals surface area contributed by atoms with Gasteiger partial charge in [-0.1, -0.05) is 13.8 Å². The van der Waals surface area contributed by atoms with Crippen LogP contribution in [0.4, 0.5) is 0 Å². The molecule has 0 aliphatic rings. The SMILES string of the molecule is CCc1ccc(C(C)NC(C)c2ncc(CC)s2)s1. The Kier molecular flexibility index (Phi) is 5.13. The van der Waals surface area contributed by atoms with Crippen LogP contribution in [0, 0.1) is 0 Å². The standard InChI is InChI=1S/C15H22N2S2/c1-5-12-7-8-14(18-12)10(3)17-11(4)15-16-9-13(6-2)19-15/h7-11,17H,5-6H2,1-4H3. The smallest absolute Gasteiger partial charge is 0.109 e. The van der Waals surface area contributed by atoms with E-state index in [1.165, 1.54) is 19.6 Å². The van der Waals surface area contributed by atoms with Crippen LogP contribution in [0.1, 0.15) is 59.4 Å². The summed E-state index contributed by atoms with van der Waals surface area (Å²) in [5, 5.41) is 4.84. The molecule has 2 aromatic heterocycles. The highest BCUT2D eigenvalue weighted by molar-refractivity contribution is 7.12. The number of thiophene rings is 1. The van der Waals surface area contributed by atoms with Gasteiger partial charge in [-0.15, -0.1) is 22.7 Å². The van der Waals surface area contributed by atoms with Crippen molar-refractivity contribution in [3.8, 4) is 0 Å². The second-order valence-electron chi connectivity index (χ2n) is 4.79. The number of thiazole rings is 1. The molecule has 2 nitrogen and oxygen atoms in total. The molecule has 0 bridgehead atoms. The van der Waals surface area contributed by atoms with E-state index in [1.54, 1.807) is 0 Å². The first-order valence-electron chi connectivity index (χ1n) is 6.93. The minimum Gasteiger partial charge on any atom is -0.301 e. The molecule has 104 valence electrons. The van der Waals surface area contributed by atoms with Gasteiger partial charge in [-0.3, -0.25) is 0 Å². The van der Waals surface area contributed by atoms with E-state index >= 15 is 0 Å². The Morgan fingerprint density at radius 3 is 2.37 bits per heavy atom. The van der Waals surface area contributed by atoms with Gasteiger partial charge in [0.2, 0.25) is 0 Å². The highest BCUT2D eigenvalue weighted by Crippen LogP contribution is 2.27. The Balaban J connectivity index is 1.99. The van der Waals surface area contributed by atoms with Crippen molar-refractivity contribution in [1.29, 1.82) is 0 Å². The van der Waals surface area contributed by atoms with Crippen molar-refractivity contribution in [3.63, 3.8) is 0 Å². The molecular weight excluding hydrogens is 272 g/mol. The van der Waals surface area contributed by atoms with Gasteiger partial charge in [-0.2, -0.15) is 0 Å². The predicted molar refractivity (Wildman–Crippen MR) is 85.2 cm³/mol. The van der Waals surface area contributed by atoms with Crippen molar-refractivity contribution in [1.82, 2.24) is 10.3 Å². The minimum absolute atomic E-state index is 0.312. The highest BCUT2D eigenvalue weighted by atomic mass is 32.1. The molecule has 2 unspecified atom stereocenters. The number of aryl methyl sites for hydroxylation is 2. The Bertz CT molecular complexity index is 469. The lowest BCUT2D eigenvalue weighted by atomic mass is 10.2. The number of hydrogen-bond donors (Lipinski definition) is 1. The van der Waals surface area contributed by atoms with Gasteiger partial charge < -0.3 is 5.32 Å². The molecule has 2 rings (SSSR count). The lowest BCUT2D eigenvalue weighted by molar-refractivity contribution is 0.498. The van der Waals surface area contributed by atoms with Crippen molar-refractivity contribution in [3.05, 3.63) is 38.0 Å². The molecule has 4 heteroatoms. The molecule has 0 saturated heterocycles. The summed E-state index contributed by atoms with van der Waals surface area (Å²) in [4.78, 5) is 8.75. The van der Waals surface area contributed by atoms with Crippen molar-refractivity contribution in [2.45, 2.75) is 52.6 Å². The fraction of sp³-hybridized carbons (Fsp3) is 0.533. The Hall–Kier alpha value is -0.710. The predicted octanol–water partition coefficient (Wildman–Crippen LogP) is 4.74. The van der Waals surface area contributed by atoms with Crippen LogP contribution in [-0.4, -0.2) is 4.98 Å². The first kappa shape index (κ1) is 14.7. The quantitative estimate of drug-likeness (QED) is 0.832. The topological polar surface area (TPSA) is 24.9 Å². The van der Waals surface area contributed by atoms with Crippen molar-refractivity contribution < 1.29 is 0 Å². The average molecular weight is 294 g/mol. The minimum atomic E-state index is 0.312. The lowest BCUT2D eigenvalue weighted by Gasteiger charge is -2.17. The summed E-state index contributed by atoms with van der Waals surface area (Å²) < 4.78 is 0. The van der Waals surface area contributed by atoms with E-state index < -0.39 is 0 Å². The first-order chi connectivity index (χ1) is 9.13. The molecular formula is C15H22N2S2. The van der Waals surface area contributed by atoms with Crippen molar-refractivity contribution >= 4 is 22.7 Å². The summed E-state index contributed by atoms with van der Waals surface area (Å²) in [5.41, 5.74) is 0. The van der Waals surface area contributed by atoms with Gasteiger partial charge in [-0.25, -0.2) is 4.98 Å². The van der Waals surface area contributed by atoms with E-state index in [-0.39, 0.29) is 0 Å². The van der Waals surface area contributed by atoms with Crippen LogP contribution < -0.4 is 5.32 Å². The van der Waals surface area contributed by atoms with Crippen LogP contribution in [0.25, 0.3) is 0 Å². The molecule has 19 heavy (non-hydrogen) atoms. The van der Waals surface area contributed by atoms with E-state index in [0.29, 0.717) is 12.1 Å². The number of rotatable bonds is 6. The summed E-state index contributed by atoms with van der Waals surface area (Å²) >= 11 is 3.73. The maximum atomic E-state index is 4.51. The zero-order valence-electron chi connectivity index (χ0n) is 12.1. The molecule has 0 aliphatic heterocycles. The Morgan fingerprint density at radius 2 is 1.79 bits per heavy atom. The summed E-state index contributed by atoms with van der Waals surface area (Å²) in [5.74, 6) is 0. The largest absolute Gasteiger partial charge is 0.301 e. The molecule has 0 aromatic carbocycles. The molecule has 2 heterocycles. The third-order valence-electron chi connectivity index (χ3n) is 3.25. The second kappa shape index (κ2) is 6.64. The molecule has 0 amide bonds. The Morgan fingerprint density at radius 1 is 1.05 bits per heavy atom. The van der Waals surface area contributed by atoms with E-state index in [4.69, 9.17) is 0 Å². The summed E-state index contributed by atoms with van der Waals surface area (Å²) in [7, 11) is 0. The molecule has 0 radical (unpaired) electrons. The maximum absolute atomic E-state index is 4.51. The van der Waals surface area contributed by atoms with Crippen LogP contribution >= 0.6 is 22.7 Å². The van der Waals surface area contributed by atoms with Gasteiger partial charge >= 0.3 is 0 Å². The molecule has 2 aromatic rings. The summed E-state index contributed by atoms with van der Waals surface area (Å²) in [6, 6.07) is 5.18. The number of nitrogens with one attached hydrogen (secondary N) is 1. The van der Waals surface area contributed by atoms with Crippen LogP contribution in [0.15, 0.2) is 18.3 Å². The number of hydrogen-bond acceptors (Lipinski definition) is 4. The number of aromatic nitrogens is 1. The third kappa shape index (κ3) is 3.65. The Labute approximate surface area is 123 Å². The normalized spacial score (nSPS) is 14.5. The van der Waals surface area contributed by atoms with Gasteiger partial charge in [-0.05, 0) is 38.8 Å². The highest BCUT2D eigenvalue weighted by Gasteiger charge is 2.15. The van der Waals surface area contributed by atoms with E-state index in [9.17, 15) is 0 Å². The zero-order valence-corrected chi connectivity index (χ0v) is 13.7. The van der Waals surface area contributed by atoms with E-state index in [1.807, 2.05) is 28.9 Å². The molecule has 0 spiro atoms. The van der Waals surface area contributed by atoms with Crippen LogP contribution in [0.5, 0.6) is 0 Å². The third-order valence-corrected chi connectivity index (χ3v) is 5.98. The van der Waals surface area contributed by atoms with Crippen molar-refractivity contribution in [2.75, 3.05) is 0 Å². The summed E-state index contributed by atoms with van der Waals surface area (Å²) in [6.45, 7) is 8.81. The van der Waals surface area contributed by atoms with E-state index in [0.717, 1.165) is 12.8 Å². The molecule has 0 fully saturated rings. The van der Waals surface area contributed by atoms with Gasteiger partial charge in [0, 0.05) is 26.9 Å². The lowest BCUT2D eigenvalue weighted by Crippen LogP contribution is -2.21. The van der Waals surface area contributed by atoms with Crippen LogP contribution in [0.3, 0.4) is 0 Å². The first-order valence-corrected chi connectivity index (χ1v) is 8.56. The molecule has 2 atom stereocenters. The second-order valence-corrected chi connectivity index (χ2v) is 7.13. The van der Waals surface area contributed by atoms with Crippen molar-refractivity contribution in [2.24, 2.45) is 0 Å². The molecule has 1 N–H and O–H groups in total. The van der Waals surface area contributed by atoms with Gasteiger partial charge in [0.1, 0.15) is 5.01 Å². The number of nitrogens with zero attached hydrogens (tertiary/aromatic N) is 1.